The lowest BCUT2D eigenvalue weighted by Gasteiger charge is -2.49. The first-order valence-electron chi connectivity index (χ1n) is 7.91. The van der Waals surface area contributed by atoms with Gasteiger partial charge >= 0.3 is 0 Å². The van der Waals surface area contributed by atoms with Crippen molar-refractivity contribution in [3.05, 3.63) is 0 Å². The second kappa shape index (κ2) is 6.55. The Hall–Kier alpha value is -0.120. The number of likely N-dealkylation sites (N-methyl/N-ethyl adjacent to an activating group) is 2. The van der Waals surface area contributed by atoms with Crippen molar-refractivity contribution < 1.29 is 0 Å². The summed E-state index contributed by atoms with van der Waals surface area (Å²) in [6.45, 7) is 18.5. The maximum atomic E-state index is 3.77. The van der Waals surface area contributed by atoms with E-state index in [0.29, 0.717) is 6.04 Å². The first-order chi connectivity index (χ1) is 8.69. The van der Waals surface area contributed by atoms with Crippen molar-refractivity contribution in [2.75, 3.05) is 33.2 Å². The van der Waals surface area contributed by atoms with Crippen molar-refractivity contribution in [1.29, 1.82) is 0 Å². The fourth-order valence-corrected chi connectivity index (χ4v) is 3.60. The van der Waals surface area contributed by atoms with Gasteiger partial charge in [0.1, 0.15) is 0 Å². The lowest BCUT2D eigenvalue weighted by Crippen LogP contribution is -2.62. The molecule has 0 unspecified atom stereocenters. The van der Waals surface area contributed by atoms with Crippen molar-refractivity contribution in [2.45, 2.75) is 71.5 Å². The summed E-state index contributed by atoms with van der Waals surface area (Å²) in [6.07, 6.45) is 2.48. The number of hydrogen-bond acceptors (Lipinski definition) is 3. The number of nitrogens with zero attached hydrogens (tertiary/aromatic N) is 2. The zero-order valence-electron chi connectivity index (χ0n) is 14.2. The van der Waals surface area contributed by atoms with Crippen molar-refractivity contribution in [3.8, 4) is 0 Å². The Morgan fingerprint density at radius 3 is 1.84 bits per heavy atom. The summed E-state index contributed by atoms with van der Waals surface area (Å²) in [5.41, 5.74) is 0.492. The zero-order valence-corrected chi connectivity index (χ0v) is 14.2. The molecule has 114 valence electrons. The van der Waals surface area contributed by atoms with Crippen LogP contribution in [0.5, 0.6) is 0 Å². The van der Waals surface area contributed by atoms with E-state index in [-0.39, 0.29) is 11.1 Å². The third-order valence-electron chi connectivity index (χ3n) is 4.46. The number of hydrogen-bond donors (Lipinski definition) is 1. The van der Waals surface area contributed by atoms with Crippen LogP contribution < -0.4 is 5.32 Å². The van der Waals surface area contributed by atoms with Gasteiger partial charge < -0.3 is 15.1 Å². The molecule has 0 amide bonds. The Kier molecular flexibility index (Phi) is 5.84. The SMILES string of the molecule is CCN(CC)CCN(C)C1CC(C)(C)NC(C)(C)C1. The summed E-state index contributed by atoms with van der Waals surface area (Å²) in [7, 11) is 2.30. The third-order valence-corrected chi connectivity index (χ3v) is 4.46. The number of rotatable bonds is 6. The smallest absolute Gasteiger partial charge is 0.0145 e. The topological polar surface area (TPSA) is 18.5 Å². The first kappa shape index (κ1) is 16.9. The highest BCUT2D eigenvalue weighted by Crippen LogP contribution is 2.30. The van der Waals surface area contributed by atoms with Crippen LogP contribution in [0.3, 0.4) is 0 Å². The highest BCUT2D eigenvalue weighted by atomic mass is 15.2. The van der Waals surface area contributed by atoms with Crippen LogP contribution in [-0.4, -0.2) is 60.1 Å². The lowest BCUT2D eigenvalue weighted by molar-refractivity contribution is 0.0756. The van der Waals surface area contributed by atoms with Gasteiger partial charge in [-0.25, -0.2) is 0 Å². The molecule has 3 heteroatoms. The molecule has 1 fully saturated rings. The van der Waals surface area contributed by atoms with Gasteiger partial charge in [0.2, 0.25) is 0 Å². The Morgan fingerprint density at radius 1 is 0.947 bits per heavy atom. The molecule has 0 aromatic carbocycles. The molecule has 0 aliphatic carbocycles. The largest absolute Gasteiger partial charge is 0.307 e. The molecule has 0 spiro atoms. The minimum Gasteiger partial charge on any atom is -0.307 e. The molecule has 0 atom stereocenters. The molecule has 0 radical (unpaired) electrons. The van der Waals surface area contributed by atoms with E-state index in [1.165, 1.54) is 25.9 Å². The predicted molar refractivity (Wildman–Crippen MR) is 84.7 cm³/mol. The summed E-state index contributed by atoms with van der Waals surface area (Å²) >= 11 is 0. The lowest BCUT2D eigenvalue weighted by atomic mass is 9.79. The number of nitrogens with one attached hydrogen (secondary N) is 1. The summed E-state index contributed by atoms with van der Waals surface area (Å²) in [5, 5.41) is 3.77. The second-order valence-corrected chi connectivity index (χ2v) is 7.46. The Bertz CT molecular complexity index is 253. The van der Waals surface area contributed by atoms with Gasteiger partial charge in [-0.15, -0.1) is 0 Å². The van der Waals surface area contributed by atoms with Crippen molar-refractivity contribution in [3.63, 3.8) is 0 Å². The molecular weight excluding hydrogens is 234 g/mol. The zero-order chi connectivity index (χ0) is 14.7. The van der Waals surface area contributed by atoms with Gasteiger partial charge in [-0.05, 0) is 60.7 Å². The van der Waals surface area contributed by atoms with Gasteiger partial charge in [-0.1, -0.05) is 13.8 Å². The predicted octanol–water partition coefficient (Wildman–Crippen LogP) is 2.57. The maximum absolute atomic E-state index is 3.77. The third kappa shape index (κ3) is 5.41. The van der Waals surface area contributed by atoms with E-state index in [1.54, 1.807) is 0 Å². The molecule has 3 nitrogen and oxygen atoms in total. The van der Waals surface area contributed by atoms with Crippen LogP contribution in [-0.2, 0) is 0 Å². The van der Waals surface area contributed by atoms with Gasteiger partial charge in [-0.3, -0.25) is 0 Å². The molecule has 1 N–H and O–H groups in total. The van der Waals surface area contributed by atoms with E-state index in [1.807, 2.05) is 0 Å². The Balaban J connectivity index is 2.54. The van der Waals surface area contributed by atoms with Crippen LogP contribution in [0.15, 0.2) is 0 Å². The maximum Gasteiger partial charge on any atom is 0.0145 e. The Morgan fingerprint density at radius 2 is 1.42 bits per heavy atom. The molecule has 1 heterocycles. The van der Waals surface area contributed by atoms with Crippen LogP contribution >= 0.6 is 0 Å². The molecule has 0 aromatic rings. The summed E-state index contributed by atoms with van der Waals surface area (Å²) in [5.74, 6) is 0. The van der Waals surface area contributed by atoms with Gasteiger partial charge in [-0.2, -0.15) is 0 Å². The van der Waals surface area contributed by atoms with E-state index >= 15 is 0 Å². The standard InChI is InChI=1S/C16H35N3/c1-8-19(9-2)11-10-18(7)14-12-15(3,4)17-16(5,6)13-14/h14,17H,8-13H2,1-7H3. The van der Waals surface area contributed by atoms with E-state index < -0.39 is 0 Å². The molecule has 1 aliphatic rings. The van der Waals surface area contributed by atoms with Crippen LogP contribution in [0.1, 0.15) is 54.4 Å². The fourth-order valence-electron chi connectivity index (χ4n) is 3.60. The van der Waals surface area contributed by atoms with Gasteiger partial charge in [0.25, 0.3) is 0 Å². The second-order valence-electron chi connectivity index (χ2n) is 7.46. The average Bonchev–Trinajstić information content (AvgIpc) is 2.26. The molecule has 19 heavy (non-hydrogen) atoms. The van der Waals surface area contributed by atoms with E-state index in [0.717, 1.165) is 13.1 Å². The van der Waals surface area contributed by atoms with Gasteiger partial charge in [0.15, 0.2) is 0 Å². The fraction of sp³-hybridized carbons (Fsp3) is 1.00. The van der Waals surface area contributed by atoms with Crippen LogP contribution in [0.2, 0.25) is 0 Å². The molecule has 0 saturated carbocycles. The van der Waals surface area contributed by atoms with Crippen molar-refractivity contribution in [2.24, 2.45) is 0 Å². The molecule has 0 aromatic heterocycles. The van der Waals surface area contributed by atoms with Crippen LogP contribution in [0.4, 0.5) is 0 Å². The molecule has 1 rings (SSSR count). The highest BCUT2D eigenvalue weighted by Gasteiger charge is 2.38. The minimum absolute atomic E-state index is 0.246. The van der Waals surface area contributed by atoms with Gasteiger partial charge in [0, 0.05) is 30.2 Å². The van der Waals surface area contributed by atoms with E-state index in [9.17, 15) is 0 Å². The first-order valence-corrected chi connectivity index (χ1v) is 7.91. The van der Waals surface area contributed by atoms with E-state index in [2.05, 4.69) is 63.7 Å². The summed E-state index contributed by atoms with van der Waals surface area (Å²) in [4.78, 5) is 5.08. The van der Waals surface area contributed by atoms with Gasteiger partial charge in [0.05, 0.1) is 0 Å². The summed E-state index contributed by atoms with van der Waals surface area (Å²) < 4.78 is 0. The monoisotopic (exact) mass is 269 g/mol. The minimum atomic E-state index is 0.246. The molecular formula is C16H35N3. The molecule has 1 aliphatic heterocycles. The quantitative estimate of drug-likeness (QED) is 0.799. The molecule has 0 bridgehead atoms. The van der Waals surface area contributed by atoms with Crippen molar-refractivity contribution in [1.82, 2.24) is 15.1 Å². The Labute approximate surface area is 120 Å². The van der Waals surface area contributed by atoms with E-state index in [4.69, 9.17) is 0 Å². The molecule has 1 saturated heterocycles. The number of piperidine rings is 1. The van der Waals surface area contributed by atoms with Crippen LogP contribution in [0, 0.1) is 0 Å². The highest BCUT2D eigenvalue weighted by molar-refractivity contribution is 4.99. The summed E-state index contributed by atoms with van der Waals surface area (Å²) in [6, 6.07) is 0.696. The normalized spacial score (nSPS) is 23.2. The van der Waals surface area contributed by atoms with Crippen LogP contribution in [0.25, 0.3) is 0 Å². The van der Waals surface area contributed by atoms with Crippen molar-refractivity contribution >= 4 is 0 Å². The average molecular weight is 269 g/mol.